The molecule has 0 atom stereocenters. The lowest BCUT2D eigenvalue weighted by atomic mass is 10.1. The Morgan fingerprint density at radius 2 is 1.74 bits per heavy atom. The summed E-state index contributed by atoms with van der Waals surface area (Å²) in [6, 6.07) is 10.6. The van der Waals surface area contributed by atoms with Crippen molar-refractivity contribution in [1.29, 1.82) is 0 Å². The van der Waals surface area contributed by atoms with Crippen molar-refractivity contribution in [3.63, 3.8) is 0 Å². The van der Waals surface area contributed by atoms with E-state index in [9.17, 15) is 9.59 Å². The Labute approximate surface area is 110 Å². The Morgan fingerprint density at radius 1 is 1.05 bits per heavy atom. The molecule has 0 saturated carbocycles. The molecule has 1 N–H and O–H groups in total. The van der Waals surface area contributed by atoms with Crippen molar-refractivity contribution in [3.8, 4) is 0 Å². The van der Waals surface area contributed by atoms with Gasteiger partial charge in [0.2, 0.25) is 0 Å². The third-order valence-electron chi connectivity index (χ3n) is 2.65. The highest BCUT2D eigenvalue weighted by atomic mass is 16.5. The molecule has 0 radical (unpaired) electrons. The number of methoxy groups -OCH3 is 1. The fourth-order valence-corrected chi connectivity index (χ4v) is 1.63. The van der Waals surface area contributed by atoms with Gasteiger partial charge in [-0.3, -0.25) is 4.79 Å². The first-order valence-electron chi connectivity index (χ1n) is 5.73. The number of hydrogen-bond donors (Lipinski definition) is 1. The zero-order valence-electron chi connectivity index (χ0n) is 10.4. The molecule has 96 valence electrons. The Morgan fingerprint density at radius 3 is 2.32 bits per heavy atom. The number of nitrogens with one attached hydrogen (secondary N) is 1. The maximum atomic E-state index is 11.3. The average Bonchev–Trinajstić information content (AvgIpc) is 2.93. The van der Waals surface area contributed by atoms with Crippen LogP contribution in [0.1, 0.15) is 32.1 Å². The monoisotopic (exact) mass is 255 g/mol. The molecule has 2 rings (SSSR count). The van der Waals surface area contributed by atoms with Crippen molar-refractivity contribution in [3.05, 3.63) is 58.9 Å². The summed E-state index contributed by atoms with van der Waals surface area (Å²) >= 11 is 0. The first-order chi connectivity index (χ1) is 9.22. The molecule has 0 amide bonds. The maximum Gasteiger partial charge on any atom is 0.337 e. The van der Waals surface area contributed by atoms with E-state index in [2.05, 4.69) is 9.72 Å². The molecule has 0 aliphatic carbocycles. The number of carbonyl (C=O) groups is 2. The van der Waals surface area contributed by atoms with Gasteiger partial charge in [-0.15, -0.1) is 0 Å². The Hall–Kier alpha value is -2.62. The topological polar surface area (TPSA) is 59.2 Å². The molecule has 0 unspecified atom stereocenters. The van der Waals surface area contributed by atoms with Crippen LogP contribution in [-0.2, 0) is 4.74 Å². The van der Waals surface area contributed by atoms with Crippen molar-refractivity contribution in [2.45, 2.75) is 0 Å². The van der Waals surface area contributed by atoms with Crippen molar-refractivity contribution < 1.29 is 14.3 Å². The van der Waals surface area contributed by atoms with Crippen molar-refractivity contribution in [2.75, 3.05) is 7.11 Å². The van der Waals surface area contributed by atoms with Crippen LogP contribution >= 0.6 is 0 Å². The SMILES string of the molecule is COC(=O)c1ccc(/C=C/c2ccc(C=O)[nH]2)cc1. The molecule has 2 aromatic rings. The molecule has 0 aliphatic rings. The van der Waals surface area contributed by atoms with Gasteiger partial charge in [-0.25, -0.2) is 4.79 Å². The molecule has 19 heavy (non-hydrogen) atoms. The predicted molar refractivity (Wildman–Crippen MR) is 72.9 cm³/mol. The second-order valence-corrected chi connectivity index (χ2v) is 3.93. The summed E-state index contributed by atoms with van der Waals surface area (Å²) in [7, 11) is 1.35. The number of carbonyl (C=O) groups excluding carboxylic acids is 2. The third kappa shape index (κ3) is 3.19. The van der Waals surface area contributed by atoms with Gasteiger partial charge in [0.25, 0.3) is 0 Å². The van der Waals surface area contributed by atoms with Crippen LogP contribution in [0.15, 0.2) is 36.4 Å². The Balaban J connectivity index is 2.10. The van der Waals surface area contributed by atoms with E-state index in [1.54, 1.807) is 18.2 Å². The highest BCUT2D eigenvalue weighted by Crippen LogP contribution is 2.10. The van der Waals surface area contributed by atoms with E-state index in [1.807, 2.05) is 30.4 Å². The zero-order chi connectivity index (χ0) is 13.7. The Bertz CT molecular complexity index is 609. The van der Waals surface area contributed by atoms with Crippen LogP contribution in [0.25, 0.3) is 12.2 Å². The summed E-state index contributed by atoms with van der Waals surface area (Å²) in [5.41, 5.74) is 2.86. The first-order valence-corrected chi connectivity index (χ1v) is 5.73. The van der Waals surface area contributed by atoms with Gasteiger partial charge in [0.15, 0.2) is 6.29 Å². The number of hydrogen-bond acceptors (Lipinski definition) is 3. The number of ether oxygens (including phenoxy) is 1. The molecule has 4 nitrogen and oxygen atoms in total. The van der Waals surface area contributed by atoms with E-state index >= 15 is 0 Å². The molecule has 1 aromatic carbocycles. The largest absolute Gasteiger partial charge is 0.465 e. The molecular weight excluding hydrogens is 242 g/mol. The van der Waals surface area contributed by atoms with Crippen LogP contribution in [0.2, 0.25) is 0 Å². The lowest BCUT2D eigenvalue weighted by molar-refractivity contribution is 0.0600. The van der Waals surface area contributed by atoms with Gasteiger partial charge >= 0.3 is 5.97 Å². The molecule has 0 fully saturated rings. The van der Waals surface area contributed by atoms with E-state index in [-0.39, 0.29) is 5.97 Å². The number of benzene rings is 1. The molecule has 1 aromatic heterocycles. The molecule has 0 saturated heterocycles. The second kappa shape index (κ2) is 5.82. The van der Waals surface area contributed by atoms with Crippen LogP contribution < -0.4 is 0 Å². The summed E-state index contributed by atoms with van der Waals surface area (Å²) < 4.78 is 4.63. The van der Waals surface area contributed by atoms with Gasteiger partial charge < -0.3 is 9.72 Å². The van der Waals surface area contributed by atoms with E-state index in [0.29, 0.717) is 11.3 Å². The first kappa shape index (κ1) is 12.8. The summed E-state index contributed by atoms with van der Waals surface area (Å²) in [6.07, 6.45) is 4.52. The van der Waals surface area contributed by atoms with E-state index < -0.39 is 0 Å². The third-order valence-corrected chi connectivity index (χ3v) is 2.65. The summed E-state index contributed by atoms with van der Waals surface area (Å²) in [4.78, 5) is 24.7. The highest BCUT2D eigenvalue weighted by molar-refractivity contribution is 5.89. The van der Waals surface area contributed by atoms with Crippen LogP contribution in [0.3, 0.4) is 0 Å². The van der Waals surface area contributed by atoms with E-state index in [4.69, 9.17) is 0 Å². The van der Waals surface area contributed by atoms with Crippen LogP contribution in [-0.4, -0.2) is 24.3 Å². The molecule has 0 spiro atoms. The number of rotatable bonds is 4. The molecule has 4 heteroatoms. The standard InChI is InChI=1S/C15H13NO3/c1-19-15(18)12-5-2-11(3-6-12)4-7-13-8-9-14(10-17)16-13/h2-10,16H,1H3/b7-4+. The summed E-state index contributed by atoms with van der Waals surface area (Å²) in [5.74, 6) is -0.351. The van der Waals surface area contributed by atoms with Gasteiger partial charge in [-0.2, -0.15) is 0 Å². The van der Waals surface area contributed by atoms with Crippen LogP contribution in [0.5, 0.6) is 0 Å². The minimum atomic E-state index is -0.351. The zero-order valence-corrected chi connectivity index (χ0v) is 10.4. The molecule has 0 aliphatic heterocycles. The van der Waals surface area contributed by atoms with Crippen molar-refractivity contribution in [1.82, 2.24) is 4.98 Å². The molecule has 0 bridgehead atoms. The van der Waals surface area contributed by atoms with E-state index in [1.165, 1.54) is 7.11 Å². The molecular formula is C15H13NO3. The smallest absolute Gasteiger partial charge is 0.337 e. The summed E-state index contributed by atoms with van der Waals surface area (Å²) in [6.45, 7) is 0. The van der Waals surface area contributed by atoms with Crippen molar-refractivity contribution >= 4 is 24.4 Å². The lowest BCUT2D eigenvalue weighted by Crippen LogP contribution is -2.00. The maximum absolute atomic E-state index is 11.3. The number of aromatic nitrogens is 1. The fraction of sp³-hybridized carbons (Fsp3) is 0.0667. The van der Waals surface area contributed by atoms with Gasteiger partial charge in [-0.1, -0.05) is 18.2 Å². The van der Waals surface area contributed by atoms with Crippen molar-refractivity contribution in [2.24, 2.45) is 0 Å². The minimum absolute atomic E-state index is 0.351. The number of H-pyrrole nitrogens is 1. The fourth-order valence-electron chi connectivity index (χ4n) is 1.63. The number of esters is 1. The van der Waals surface area contributed by atoms with Crippen LogP contribution in [0.4, 0.5) is 0 Å². The Kier molecular flexibility index (Phi) is 3.93. The minimum Gasteiger partial charge on any atom is -0.465 e. The van der Waals surface area contributed by atoms with E-state index in [0.717, 1.165) is 17.5 Å². The number of aldehydes is 1. The predicted octanol–water partition coefficient (Wildman–Crippen LogP) is 2.78. The summed E-state index contributed by atoms with van der Waals surface area (Å²) in [5, 5.41) is 0. The lowest BCUT2D eigenvalue weighted by Gasteiger charge is -1.99. The van der Waals surface area contributed by atoms with Gasteiger partial charge in [0, 0.05) is 5.69 Å². The quantitative estimate of drug-likeness (QED) is 0.675. The number of aromatic amines is 1. The van der Waals surface area contributed by atoms with Gasteiger partial charge in [0.05, 0.1) is 18.4 Å². The second-order valence-electron chi connectivity index (χ2n) is 3.93. The van der Waals surface area contributed by atoms with Crippen LogP contribution in [0, 0.1) is 0 Å². The average molecular weight is 255 g/mol. The highest BCUT2D eigenvalue weighted by Gasteiger charge is 2.03. The normalized spacial score (nSPS) is 10.6. The molecule has 1 heterocycles. The van der Waals surface area contributed by atoms with Gasteiger partial charge in [0.1, 0.15) is 0 Å². The van der Waals surface area contributed by atoms with Gasteiger partial charge in [-0.05, 0) is 35.9 Å².